The van der Waals surface area contributed by atoms with Gasteiger partial charge in [-0.15, -0.1) is 0 Å². The number of rotatable bonds is 14. The number of hydrogen-bond acceptors (Lipinski definition) is 6. The molecule has 0 aliphatic carbocycles. The standard InChI is InChI=1S/C26H39N5O6/c1-14(2)9-20(24(34)31-22(26(36)37)10-15(3)4)30-25(35)21(29-23(33)18(27)13-32)11-16-12-28-19-8-6-5-7-17(16)19/h5-8,12,14-15,18,20-22,28,32H,9-11,13,27H2,1-4H3,(H,29,33)(H,30,35)(H,31,34)(H,36,37). The van der Waals surface area contributed by atoms with Crippen molar-refractivity contribution >= 4 is 34.6 Å². The quantitative estimate of drug-likeness (QED) is 0.192. The number of aromatic nitrogens is 1. The highest BCUT2D eigenvalue weighted by Gasteiger charge is 2.31. The first-order chi connectivity index (χ1) is 17.4. The molecule has 2 rings (SSSR count). The van der Waals surface area contributed by atoms with Gasteiger partial charge in [-0.1, -0.05) is 45.9 Å². The van der Waals surface area contributed by atoms with E-state index in [2.05, 4.69) is 20.9 Å². The van der Waals surface area contributed by atoms with Crippen LogP contribution in [0.4, 0.5) is 0 Å². The van der Waals surface area contributed by atoms with Crippen LogP contribution in [0.1, 0.15) is 46.1 Å². The molecular formula is C26H39N5O6. The third kappa shape index (κ3) is 8.87. The van der Waals surface area contributed by atoms with Gasteiger partial charge in [-0.25, -0.2) is 4.79 Å². The molecule has 1 aromatic heterocycles. The van der Waals surface area contributed by atoms with E-state index in [9.17, 15) is 29.4 Å². The molecule has 11 nitrogen and oxygen atoms in total. The Balaban J connectivity index is 2.28. The number of carbonyl (C=O) groups is 4. The van der Waals surface area contributed by atoms with Crippen LogP contribution < -0.4 is 21.7 Å². The Morgan fingerprint density at radius 3 is 2.00 bits per heavy atom. The minimum Gasteiger partial charge on any atom is -0.480 e. The van der Waals surface area contributed by atoms with Crippen molar-refractivity contribution in [1.82, 2.24) is 20.9 Å². The van der Waals surface area contributed by atoms with Crippen molar-refractivity contribution in [2.24, 2.45) is 17.6 Å². The van der Waals surface area contributed by atoms with Crippen LogP contribution in [-0.4, -0.2) is 69.7 Å². The number of aliphatic carboxylic acids is 1. The molecule has 4 unspecified atom stereocenters. The molecule has 2 aromatic rings. The van der Waals surface area contributed by atoms with Crippen molar-refractivity contribution in [2.75, 3.05) is 6.61 Å². The molecule has 0 saturated carbocycles. The number of carboxylic acids is 1. The summed E-state index contributed by atoms with van der Waals surface area (Å²) in [5.74, 6) is -3.06. The topological polar surface area (TPSA) is 187 Å². The number of aromatic amines is 1. The van der Waals surface area contributed by atoms with Gasteiger partial charge in [0, 0.05) is 23.5 Å². The molecule has 4 atom stereocenters. The predicted molar refractivity (Wildman–Crippen MR) is 139 cm³/mol. The molecule has 3 amide bonds. The molecule has 0 bridgehead atoms. The maximum absolute atomic E-state index is 13.4. The molecule has 0 fully saturated rings. The number of amides is 3. The zero-order valence-corrected chi connectivity index (χ0v) is 21.8. The number of nitrogens with two attached hydrogens (primary N) is 1. The fraction of sp³-hybridized carbons (Fsp3) is 0.538. The molecule has 1 aromatic carbocycles. The molecule has 0 aliphatic heterocycles. The SMILES string of the molecule is CC(C)CC(NC(=O)C(CC(C)C)NC(=O)C(Cc1c[nH]c2ccccc12)NC(=O)C(N)CO)C(=O)O. The summed E-state index contributed by atoms with van der Waals surface area (Å²) < 4.78 is 0. The van der Waals surface area contributed by atoms with Crippen LogP contribution in [0.15, 0.2) is 30.5 Å². The predicted octanol–water partition coefficient (Wildman–Crippen LogP) is 0.661. The van der Waals surface area contributed by atoms with Gasteiger partial charge in [0.05, 0.1) is 6.61 Å². The van der Waals surface area contributed by atoms with E-state index >= 15 is 0 Å². The molecule has 11 heteroatoms. The maximum Gasteiger partial charge on any atom is 0.326 e. The zero-order valence-electron chi connectivity index (χ0n) is 21.8. The Morgan fingerprint density at radius 1 is 0.865 bits per heavy atom. The summed E-state index contributed by atoms with van der Waals surface area (Å²) in [7, 11) is 0. The highest BCUT2D eigenvalue weighted by Crippen LogP contribution is 2.19. The number of aliphatic hydroxyl groups excluding tert-OH is 1. The maximum atomic E-state index is 13.4. The van der Waals surface area contributed by atoms with E-state index in [1.165, 1.54) is 0 Å². The van der Waals surface area contributed by atoms with Crippen molar-refractivity contribution in [3.8, 4) is 0 Å². The molecular weight excluding hydrogens is 478 g/mol. The lowest BCUT2D eigenvalue weighted by Gasteiger charge is -2.26. The van der Waals surface area contributed by atoms with Gasteiger partial charge in [0.15, 0.2) is 0 Å². The highest BCUT2D eigenvalue weighted by atomic mass is 16.4. The van der Waals surface area contributed by atoms with Crippen LogP contribution in [0.3, 0.4) is 0 Å². The molecule has 0 radical (unpaired) electrons. The Morgan fingerprint density at radius 2 is 1.41 bits per heavy atom. The number of carbonyl (C=O) groups excluding carboxylic acids is 3. The lowest BCUT2D eigenvalue weighted by Crippen LogP contribution is -2.58. The lowest BCUT2D eigenvalue weighted by atomic mass is 9.99. The van der Waals surface area contributed by atoms with E-state index < -0.39 is 54.5 Å². The molecule has 8 N–H and O–H groups in total. The Labute approximate surface area is 216 Å². The number of nitrogens with one attached hydrogen (secondary N) is 4. The number of fused-ring (bicyclic) bond motifs is 1. The average Bonchev–Trinajstić information content (AvgIpc) is 3.24. The van der Waals surface area contributed by atoms with Crippen molar-refractivity contribution < 1.29 is 29.4 Å². The monoisotopic (exact) mass is 517 g/mol. The van der Waals surface area contributed by atoms with Gasteiger partial charge in [-0.2, -0.15) is 0 Å². The number of H-pyrrole nitrogens is 1. The second-order valence-electron chi connectivity index (χ2n) is 10.1. The summed E-state index contributed by atoms with van der Waals surface area (Å²) in [6, 6.07) is 3.05. The number of para-hydroxylation sites is 1. The lowest BCUT2D eigenvalue weighted by molar-refractivity contribution is -0.143. The van der Waals surface area contributed by atoms with E-state index in [4.69, 9.17) is 5.73 Å². The zero-order chi connectivity index (χ0) is 27.7. The Kier molecular flexibility index (Phi) is 11.1. The van der Waals surface area contributed by atoms with Crippen molar-refractivity contribution in [3.05, 3.63) is 36.0 Å². The number of aliphatic hydroxyl groups is 1. The smallest absolute Gasteiger partial charge is 0.326 e. The molecule has 37 heavy (non-hydrogen) atoms. The van der Waals surface area contributed by atoms with Gasteiger partial charge in [-0.3, -0.25) is 14.4 Å². The summed E-state index contributed by atoms with van der Waals surface area (Å²) in [5, 5.41) is 27.5. The van der Waals surface area contributed by atoms with E-state index in [1.54, 1.807) is 6.20 Å². The molecule has 204 valence electrons. The Bertz CT molecular complexity index is 1080. The third-order valence-electron chi connectivity index (χ3n) is 5.93. The molecule has 0 saturated heterocycles. The van der Waals surface area contributed by atoms with E-state index in [0.29, 0.717) is 0 Å². The first-order valence-electron chi connectivity index (χ1n) is 12.5. The van der Waals surface area contributed by atoms with Gasteiger partial charge in [0.25, 0.3) is 0 Å². The molecule has 0 aliphatic rings. The van der Waals surface area contributed by atoms with Crippen molar-refractivity contribution in [3.63, 3.8) is 0 Å². The first-order valence-corrected chi connectivity index (χ1v) is 12.5. The van der Waals surface area contributed by atoms with Crippen LogP contribution in [-0.2, 0) is 25.6 Å². The molecule has 0 spiro atoms. The number of carboxylic acid groups (broad SMARTS) is 1. The second-order valence-corrected chi connectivity index (χ2v) is 10.1. The Hall–Kier alpha value is -3.44. The highest BCUT2D eigenvalue weighted by molar-refractivity contribution is 5.94. The summed E-state index contributed by atoms with van der Waals surface area (Å²) >= 11 is 0. The van der Waals surface area contributed by atoms with Crippen LogP contribution in [0.25, 0.3) is 10.9 Å². The summed E-state index contributed by atoms with van der Waals surface area (Å²) in [5.41, 5.74) is 7.27. The first kappa shape index (κ1) is 29.8. The number of hydrogen-bond donors (Lipinski definition) is 7. The van der Waals surface area contributed by atoms with Gasteiger partial charge in [0.1, 0.15) is 24.2 Å². The van der Waals surface area contributed by atoms with Gasteiger partial charge < -0.3 is 36.9 Å². The van der Waals surface area contributed by atoms with Crippen molar-refractivity contribution in [2.45, 2.75) is 71.1 Å². The summed E-state index contributed by atoms with van der Waals surface area (Å²) in [6.07, 6.45) is 2.34. The normalized spacial score (nSPS) is 14.7. The summed E-state index contributed by atoms with van der Waals surface area (Å²) in [4.78, 5) is 53.7. The van der Waals surface area contributed by atoms with Gasteiger partial charge in [-0.05, 0) is 36.3 Å². The van der Waals surface area contributed by atoms with Gasteiger partial charge in [0.2, 0.25) is 17.7 Å². The fourth-order valence-corrected chi connectivity index (χ4v) is 4.03. The third-order valence-corrected chi connectivity index (χ3v) is 5.93. The fourth-order valence-electron chi connectivity index (χ4n) is 4.03. The largest absolute Gasteiger partial charge is 0.480 e. The van der Waals surface area contributed by atoms with Crippen LogP contribution >= 0.6 is 0 Å². The second kappa shape index (κ2) is 13.8. The van der Waals surface area contributed by atoms with E-state index in [1.807, 2.05) is 52.0 Å². The van der Waals surface area contributed by atoms with E-state index in [0.717, 1.165) is 16.5 Å². The van der Waals surface area contributed by atoms with Crippen LogP contribution in [0, 0.1) is 11.8 Å². The number of benzene rings is 1. The van der Waals surface area contributed by atoms with Crippen LogP contribution in [0.5, 0.6) is 0 Å². The van der Waals surface area contributed by atoms with Crippen LogP contribution in [0.2, 0.25) is 0 Å². The minimum atomic E-state index is -1.22. The van der Waals surface area contributed by atoms with Crippen molar-refractivity contribution in [1.29, 1.82) is 0 Å². The minimum absolute atomic E-state index is 0.00824. The molecule has 1 heterocycles. The summed E-state index contributed by atoms with van der Waals surface area (Å²) in [6.45, 7) is 6.86. The van der Waals surface area contributed by atoms with E-state index in [-0.39, 0.29) is 31.1 Å². The average molecular weight is 518 g/mol. The van der Waals surface area contributed by atoms with Gasteiger partial charge >= 0.3 is 5.97 Å².